The number of rotatable bonds is 7. The van der Waals surface area contributed by atoms with E-state index < -0.39 is 67.4 Å². The summed E-state index contributed by atoms with van der Waals surface area (Å²) in [5.74, 6) is -0.406. The van der Waals surface area contributed by atoms with Crippen molar-refractivity contribution in [1.29, 1.82) is 0 Å². The molecule has 2 aliphatic heterocycles. The Hall–Kier alpha value is -0.930. The minimum Gasteiger partial charge on any atom is -0.388 e. The van der Waals surface area contributed by atoms with Crippen LogP contribution in [0.25, 0.3) is 0 Å². The second kappa shape index (κ2) is 10.2. The Balaban J connectivity index is 0.00000420. The van der Waals surface area contributed by atoms with Crippen molar-refractivity contribution in [2.75, 3.05) is 21.3 Å². The van der Waals surface area contributed by atoms with Crippen molar-refractivity contribution in [3.8, 4) is 0 Å². The minimum atomic E-state index is -1.54. The third kappa shape index (κ3) is 4.97. The summed E-state index contributed by atoms with van der Waals surface area (Å²) < 4.78 is 27.1. The smallest absolute Gasteiger partial charge is 0.222 e. The van der Waals surface area contributed by atoms with Gasteiger partial charge >= 0.3 is 0 Å². The van der Waals surface area contributed by atoms with E-state index in [-0.39, 0.29) is 1.43 Å². The van der Waals surface area contributed by atoms with Gasteiger partial charge in [-0.05, 0) is 6.92 Å². The molecule has 2 saturated heterocycles. The lowest BCUT2D eigenvalue weighted by atomic mass is 9.96. The third-order valence-corrected chi connectivity index (χ3v) is 4.67. The highest BCUT2D eigenvalue weighted by molar-refractivity contribution is 5.73. The Morgan fingerprint density at radius 3 is 2.14 bits per heavy atom. The zero-order chi connectivity index (χ0) is 21.0. The fourth-order valence-corrected chi connectivity index (χ4v) is 3.26. The summed E-state index contributed by atoms with van der Waals surface area (Å²) >= 11 is 0. The maximum atomic E-state index is 11.6. The molecule has 2 rings (SSSR count). The standard InChI is InChI=1S/C16H29NO11.H2/c1-6-9(19)12(8(17-7(2)18)14(23-4)25-6)26-15-11(21)10(20)13(22-3)16(27-15)28-24-5;/h6,8-16,19-21H,1-5H3,(H,17,18);1H/t6?,8-,9+,10?,11-,12?,13-,14?,15?,16?;/m0./s1. The number of carbonyl (C=O) groups is 1. The molecule has 4 N–H and O–H groups in total. The molecule has 2 heterocycles. The van der Waals surface area contributed by atoms with E-state index in [1.807, 2.05) is 0 Å². The quantitative estimate of drug-likeness (QED) is 0.267. The topological polar surface area (TPSA) is 154 Å². The molecule has 0 aromatic rings. The van der Waals surface area contributed by atoms with Gasteiger partial charge in [0, 0.05) is 22.6 Å². The molecule has 0 aromatic carbocycles. The van der Waals surface area contributed by atoms with E-state index in [0.29, 0.717) is 0 Å². The normalized spacial score (nSPS) is 44.3. The van der Waals surface area contributed by atoms with Crippen LogP contribution in [0, 0.1) is 0 Å². The number of aliphatic hydroxyl groups is 3. The first-order valence-corrected chi connectivity index (χ1v) is 8.77. The van der Waals surface area contributed by atoms with Crippen LogP contribution >= 0.6 is 0 Å². The van der Waals surface area contributed by atoms with E-state index in [2.05, 4.69) is 10.2 Å². The summed E-state index contributed by atoms with van der Waals surface area (Å²) in [5, 5.41) is 33.8. The van der Waals surface area contributed by atoms with Gasteiger partial charge < -0.3 is 44.3 Å². The van der Waals surface area contributed by atoms with Gasteiger partial charge in [0.1, 0.15) is 36.6 Å². The van der Waals surface area contributed by atoms with Gasteiger partial charge in [0.05, 0.1) is 13.2 Å². The van der Waals surface area contributed by atoms with Crippen LogP contribution < -0.4 is 5.32 Å². The molecule has 0 saturated carbocycles. The summed E-state index contributed by atoms with van der Waals surface area (Å²) in [7, 11) is 3.92. The Morgan fingerprint density at radius 1 is 0.929 bits per heavy atom. The summed E-state index contributed by atoms with van der Waals surface area (Å²) in [6, 6.07) is -0.913. The van der Waals surface area contributed by atoms with Gasteiger partial charge in [0.2, 0.25) is 12.2 Å². The van der Waals surface area contributed by atoms with Gasteiger partial charge in [0.15, 0.2) is 12.6 Å². The number of ether oxygens (including phenoxy) is 5. The number of amides is 1. The van der Waals surface area contributed by atoms with Gasteiger partial charge in [-0.1, -0.05) is 0 Å². The Kier molecular flexibility index (Phi) is 8.51. The van der Waals surface area contributed by atoms with Crippen LogP contribution in [-0.2, 0) is 38.3 Å². The highest BCUT2D eigenvalue weighted by Crippen LogP contribution is 2.30. The first-order chi connectivity index (χ1) is 13.2. The van der Waals surface area contributed by atoms with Crippen LogP contribution in [0.1, 0.15) is 15.3 Å². The van der Waals surface area contributed by atoms with Crippen molar-refractivity contribution in [1.82, 2.24) is 5.32 Å². The van der Waals surface area contributed by atoms with Gasteiger partial charge in [-0.3, -0.25) is 4.79 Å². The summed E-state index contributed by atoms with van der Waals surface area (Å²) in [5.41, 5.74) is 0. The lowest BCUT2D eigenvalue weighted by molar-refractivity contribution is -0.444. The zero-order valence-corrected chi connectivity index (χ0v) is 16.4. The fraction of sp³-hybridized carbons (Fsp3) is 0.938. The summed E-state index contributed by atoms with van der Waals surface area (Å²) in [6.45, 7) is 2.89. The SMILES string of the molecule is COOC1OC(OC2[C@H](O)C(C)OC(OC)[C@H]2NC(C)=O)[C@@H](O)C(O)[C@@H]1OC.[HH]. The molecular formula is C16H31NO11. The van der Waals surface area contributed by atoms with Crippen molar-refractivity contribution < 1.29 is 55.0 Å². The lowest BCUT2D eigenvalue weighted by Gasteiger charge is -2.47. The molecule has 2 fully saturated rings. The molecule has 2 aliphatic rings. The average molecular weight is 413 g/mol. The number of aliphatic hydroxyl groups excluding tert-OH is 3. The second-order valence-electron chi connectivity index (χ2n) is 6.58. The minimum absolute atomic E-state index is 0. The molecule has 0 aliphatic carbocycles. The fourth-order valence-electron chi connectivity index (χ4n) is 3.26. The molecule has 10 atom stereocenters. The van der Waals surface area contributed by atoms with Gasteiger partial charge in [-0.25, -0.2) is 9.78 Å². The number of hydrogen-bond donors (Lipinski definition) is 4. The largest absolute Gasteiger partial charge is 0.388 e. The molecular weight excluding hydrogens is 382 g/mol. The van der Waals surface area contributed by atoms with Gasteiger partial charge in [-0.15, -0.1) is 0 Å². The van der Waals surface area contributed by atoms with Crippen LogP contribution in [-0.4, -0.2) is 104 Å². The molecule has 0 radical (unpaired) electrons. The predicted molar refractivity (Wildman–Crippen MR) is 91.5 cm³/mol. The monoisotopic (exact) mass is 413 g/mol. The predicted octanol–water partition coefficient (Wildman–Crippen LogP) is -2.13. The molecule has 12 nitrogen and oxygen atoms in total. The molecule has 12 heteroatoms. The van der Waals surface area contributed by atoms with E-state index in [0.717, 1.165) is 0 Å². The van der Waals surface area contributed by atoms with Crippen molar-refractivity contribution in [2.24, 2.45) is 0 Å². The Labute approximate surface area is 164 Å². The third-order valence-electron chi connectivity index (χ3n) is 4.67. The second-order valence-corrected chi connectivity index (χ2v) is 6.58. The highest BCUT2D eigenvalue weighted by atomic mass is 17.2. The van der Waals surface area contributed by atoms with Crippen molar-refractivity contribution in [2.45, 2.75) is 75.4 Å². The maximum Gasteiger partial charge on any atom is 0.222 e. The molecule has 1 amide bonds. The van der Waals surface area contributed by atoms with E-state index >= 15 is 0 Å². The van der Waals surface area contributed by atoms with Crippen LogP contribution in [0.3, 0.4) is 0 Å². The van der Waals surface area contributed by atoms with Crippen LogP contribution in [0.2, 0.25) is 0 Å². The van der Waals surface area contributed by atoms with Crippen molar-refractivity contribution >= 4 is 5.91 Å². The lowest BCUT2D eigenvalue weighted by Crippen LogP contribution is -2.67. The maximum absolute atomic E-state index is 11.6. The molecule has 6 unspecified atom stereocenters. The van der Waals surface area contributed by atoms with E-state index in [9.17, 15) is 20.1 Å². The number of carbonyl (C=O) groups excluding carboxylic acids is 1. The number of nitrogens with one attached hydrogen (secondary N) is 1. The molecule has 28 heavy (non-hydrogen) atoms. The number of hydrogen-bond acceptors (Lipinski definition) is 11. The molecule has 0 spiro atoms. The Morgan fingerprint density at radius 2 is 1.61 bits per heavy atom. The van der Waals surface area contributed by atoms with Crippen LogP contribution in [0.4, 0.5) is 0 Å². The highest BCUT2D eigenvalue weighted by Gasteiger charge is 2.51. The Bertz CT molecular complexity index is 515. The van der Waals surface area contributed by atoms with Gasteiger partial charge in [-0.2, -0.15) is 0 Å². The van der Waals surface area contributed by atoms with E-state index in [1.165, 1.54) is 28.3 Å². The number of methoxy groups -OCH3 is 2. The van der Waals surface area contributed by atoms with Crippen LogP contribution in [0.15, 0.2) is 0 Å². The molecule has 0 aromatic heterocycles. The van der Waals surface area contributed by atoms with E-state index in [4.69, 9.17) is 28.6 Å². The zero-order valence-electron chi connectivity index (χ0n) is 16.4. The molecule has 166 valence electrons. The summed E-state index contributed by atoms with van der Waals surface area (Å²) in [6.07, 6.45) is -10.6. The summed E-state index contributed by atoms with van der Waals surface area (Å²) in [4.78, 5) is 21.1. The first kappa shape index (κ1) is 23.3. The average Bonchev–Trinajstić information content (AvgIpc) is 2.65. The van der Waals surface area contributed by atoms with Crippen molar-refractivity contribution in [3.63, 3.8) is 0 Å². The first-order valence-electron chi connectivity index (χ1n) is 8.77. The van der Waals surface area contributed by atoms with Crippen LogP contribution in [0.5, 0.6) is 0 Å². The van der Waals surface area contributed by atoms with Crippen molar-refractivity contribution in [3.05, 3.63) is 0 Å². The van der Waals surface area contributed by atoms with Gasteiger partial charge in [0.25, 0.3) is 0 Å². The molecule has 0 bridgehead atoms. The van der Waals surface area contributed by atoms with E-state index in [1.54, 1.807) is 6.92 Å².